The van der Waals surface area contributed by atoms with Gasteiger partial charge in [-0.2, -0.15) is 0 Å². The van der Waals surface area contributed by atoms with E-state index in [-0.39, 0.29) is 0 Å². The van der Waals surface area contributed by atoms with Crippen LogP contribution in [0.5, 0.6) is 0 Å². The molecule has 0 saturated heterocycles. The summed E-state index contributed by atoms with van der Waals surface area (Å²) in [6, 6.07) is 0. The van der Waals surface area contributed by atoms with E-state index in [1.54, 1.807) is 0 Å². The first kappa shape index (κ1) is 35.9. The van der Waals surface area contributed by atoms with Crippen LogP contribution in [0, 0.1) is 0 Å². The fourth-order valence-corrected chi connectivity index (χ4v) is 4.59. The van der Waals surface area contributed by atoms with E-state index in [1.165, 1.54) is 180 Å². The van der Waals surface area contributed by atoms with Crippen LogP contribution in [0.15, 0.2) is 12.2 Å². The third kappa shape index (κ3) is 39.0. The van der Waals surface area contributed by atoms with Crippen molar-refractivity contribution >= 4 is 0 Å². The predicted octanol–water partition coefficient (Wildman–Crippen LogP) is 13.5. The van der Waals surface area contributed by atoms with Crippen LogP contribution >= 0.6 is 0 Å². The van der Waals surface area contributed by atoms with Crippen molar-refractivity contribution in [1.29, 1.82) is 0 Å². The molecular formula is C34H70. The van der Waals surface area contributed by atoms with Crippen molar-refractivity contribution in [3.8, 4) is 0 Å². The fraction of sp³-hybridized carbons (Fsp3) is 0.941. The molecule has 206 valence electrons. The minimum Gasteiger partial charge on any atom is -0.0885 e. The van der Waals surface area contributed by atoms with Crippen LogP contribution in [0.4, 0.5) is 0 Å². The second-order valence-corrected chi connectivity index (χ2v) is 10.8. The molecule has 0 amide bonds. The standard InChI is InChI=1S/C21H42.C13H28/c1-3-5-7-9-11-13-15-17-19-21-20-18-16-14-12-10-8-6-4-2;1-3-5-7-9-11-13-12-10-8-6-4-2/h17,19H,3-16,18,20-21H2,1-2H3;3-13H2,1-2H3/b19-17-;. The lowest BCUT2D eigenvalue weighted by atomic mass is 10.1. The zero-order valence-electron chi connectivity index (χ0n) is 25.0. The highest BCUT2D eigenvalue weighted by atomic mass is 14.0. The highest BCUT2D eigenvalue weighted by Crippen LogP contribution is 2.12. The number of hydrogen-bond donors (Lipinski definition) is 0. The van der Waals surface area contributed by atoms with Gasteiger partial charge >= 0.3 is 0 Å². The van der Waals surface area contributed by atoms with Gasteiger partial charge in [-0.15, -0.1) is 0 Å². The summed E-state index contributed by atoms with van der Waals surface area (Å²) >= 11 is 0. The third-order valence-corrected chi connectivity index (χ3v) is 7.07. The summed E-state index contributed by atoms with van der Waals surface area (Å²) in [6.07, 6.45) is 44.9. The number of rotatable bonds is 27. The lowest BCUT2D eigenvalue weighted by Gasteiger charge is -2.00. The summed E-state index contributed by atoms with van der Waals surface area (Å²) in [5.74, 6) is 0. The van der Waals surface area contributed by atoms with Gasteiger partial charge in [-0.1, -0.05) is 194 Å². The molecule has 0 aromatic rings. The van der Waals surface area contributed by atoms with Crippen molar-refractivity contribution in [3.05, 3.63) is 12.2 Å². The molecule has 0 heterocycles. The zero-order valence-corrected chi connectivity index (χ0v) is 25.0. The van der Waals surface area contributed by atoms with Crippen molar-refractivity contribution in [3.63, 3.8) is 0 Å². The molecule has 34 heavy (non-hydrogen) atoms. The Labute approximate surface area is 219 Å². The maximum Gasteiger partial charge on any atom is -0.0351 e. The second kappa shape index (κ2) is 37.3. The molecule has 0 aromatic carbocycles. The van der Waals surface area contributed by atoms with Gasteiger partial charge in [-0.05, 0) is 25.7 Å². The topological polar surface area (TPSA) is 0 Å². The van der Waals surface area contributed by atoms with Crippen LogP contribution in [-0.4, -0.2) is 0 Å². The molecule has 0 nitrogen and oxygen atoms in total. The van der Waals surface area contributed by atoms with E-state index < -0.39 is 0 Å². The highest BCUT2D eigenvalue weighted by Gasteiger charge is 1.92. The van der Waals surface area contributed by atoms with Crippen molar-refractivity contribution in [2.75, 3.05) is 0 Å². The summed E-state index contributed by atoms with van der Waals surface area (Å²) in [7, 11) is 0. The summed E-state index contributed by atoms with van der Waals surface area (Å²) in [6.45, 7) is 9.14. The quantitative estimate of drug-likeness (QED) is 0.0813. The number of allylic oxidation sites excluding steroid dienone is 2. The smallest absolute Gasteiger partial charge is 0.0351 e. The Hall–Kier alpha value is -0.260. The minimum absolute atomic E-state index is 1.31. The molecule has 0 aliphatic carbocycles. The fourth-order valence-electron chi connectivity index (χ4n) is 4.59. The van der Waals surface area contributed by atoms with Gasteiger partial charge in [0.05, 0.1) is 0 Å². The summed E-state index contributed by atoms with van der Waals surface area (Å²) in [5.41, 5.74) is 0. The van der Waals surface area contributed by atoms with Gasteiger partial charge < -0.3 is 0 Å². The lowest BCUT2D eigenvalue weighted by molar-refractivity contribution is 0.554. The van der Waals surface area contributed by atoms with Crippen LogP contribution in [0.2, 0.25) is 0 Å². The van der Waals surface area contributed by atoms with Gasteiger partial charge in [0.2, 0.25) is 0 Å². The van der Waals surface area contributed by atoms with E-state index in [1.807, 2.05) is 0 Å². The molecule has 0 atom stereocenters. The van der Waals surface area contributed by atoms with Crippen LogP contribution in [0.1, 0.15) is 207 Å². The molecule has 0 rings (SSSR count). The van der Waals surface area contributed by atoms with Gasteiger partial charge in [0.1, 0.15) is 0 Å². The largest absolute Gasteiger partial charge is 0.0885 e. The Morgan fingerprint density at radius 3 is 0.618 bits per heavy atom. The van der Waals surface area contributed by atoms with Crippen molar-refractivity contribution < 1.29 is 0 Å². The first-order valence-corrected chi connectivity index (χ1v) is 16.5. The van der Waals surface area contributed by atoms with Gasteiger partial charge in [-0.25, -0.2) is 0 Å². The maximum atomic E-state index is 2.42. The molecule has 0 aromatic heterocycles. The number of unbranched alkanes of at least 4 members (excludes halogenated alkanes) is 25. The Bertz CT molecular complexity index is 319. The summed E-state index contributed by atoms with van der Waals surface area (Å²) in [5, 5.41) is 0. The van der Waals surface area contributed by atoms with E-state index in [4.69, 9.17) is 0 Å². The van der Waals surface area contributed by atoms with Crippen LogP contribution in [0.3, 0.4) is 0 Å². The molecule has 0 bridgehead atoms. The zero-order chi connectivity index (χ0) is 25.2. The normalized spacial score (nSPS) is 11.2. The Morgan fingerprint density at radius 1 is 0.235 bits per heavy atom. The van der Waals surface area contributed by atoms with E-state index in [0.29, 0.717) is 0 Å². The molecule has 0 unspecified atom stereocenters. The van der Waals surface area contributed by atoms with Crippen molar-refractivity contribution in [1.82, 2.24) is 0 Å². The van der Waals surface area contributed by atoms with Crippen molar-refractivity contribution in [2.45, 2.75) is 207 Å². The van der Waals surface area contributed by atoms with Gasteiger partial charge in [0.25, 0.3) is 0 Å². The van der Waals surface area contributed by atoms with E-state index in [0.717, 1.165) is 0 Å². The highest BCUT2D eigenvalue weighted by molar-refractivity contribution is 4.81. The predicted molar refractivity (Wildman–Crippen MR) is 161 cm³/mol. The number of hydrogen-bond acceptors (Lipinski definition) is 0. The SMILES string of the molecule is CCCCCCCC/C=C\CCCCCCCCCCC.CCCCCCCCCCCCC. The first-order valence-electron chi connectivity index (χ1n) is 16.5. The third-order valence-electron chi connectivity index (χ3n) is 7.07. The molecule has 0 aliphatic rings. The molecule has 0 saturated carbocycles. The lowest BCUT2D eigenvalue weighted by Crippen LogP contribution is -1.81. The summed E-state index contributed by atoms with van der Waals surface area (Å²) < 4.78 is 0. The van der Waals surface area contributed by atoms with Gasteiger partial charge in [0.15, 0.2) is 0 Å². The second-order valence-electron chi connectivity index (χ2n) is 10.8. The van der Waals surface area contributed by atoms with Crippen molar-refractivity contribution in [2.24, 2.45) is 0 Å². The van der Waals surface area contributed by atoms with Gasteiger partial charge in [0, 0.05) is 0 Å². The molecule has 0 fully saturated rings. The van der Waals surface area contributed by atoms with Crippen LogP contribution in [0.25, 0.3) is 0 Å². The average molecular weight is 479 g/mol. The first-order chi connectivity index (χ1) is 16.8. The molecule has 0 aliphatic heterocycles. The Balaban J connectivity index is 0. The molecule has 0 heteroatoms. The Morgan fingerprint density at radius 2 is 0.412 bits per heavy atom. The molecule has 0 radical (unpaired) electrons. The minimum atomic E-state index is 1.31. The van der Waals surface area contributed by atoms with E-state index in [9.17, 15) is 0 Å². The molecule has 0 N–H and O–H groups in total. The molecule has 0 spiro atoms. The van der Waals surface area contributed by atoms with E-state index in [2.05, 4.69) is 39.8 Å². The monoisotopic (exact) mass is 479 g/mol. The maximum absolute atomic E-state index is 2.42. The Kier molecular flexibility index (Phi) is 39.4. The van der Waals surface area contributed by atoms with Crippen LogP contribution < -0.4 is 0 Å². The van der Waals surface area contributed by atoms with E-state index >= 15 is 0 Å². The van der Waals surface area contributed by atoms with Gasteiger partial charge in [-0.3, -0.25) is 0 Å². The summed E-state index contributed by atoms with van der Waals surface area (Å²) in [4.78, 5) is 0. The molecular weight excluding hydrogens is 408 g/mol. The van der Waals surface area contributed by atoms with Crippen LogP contribution in [-0.2, 0) is 0 Å². The average Bonchev–Trinajstić information content (AvgIpc) is 2.85.